The van der Waals surface area contributed by atoms with Gasteiger partial charge in [-0.1, -0.05) is 51.7 Å². The number of aliphatic hydroxyl groups excluding tert-OH is 1. The van der Waals surface area contributed by atoms with Gasteiger partial charge in [0.2, 0.25) is 0 Å². The third-order valence-corrected chi connectivity index (χ3v) is 6.79. The summed E-state index contributed by atoms with van der Waals surface area (Å²) in [5.41, 5.74) is 2.70. The zero-order chi connectivity index (χ0) is 28.5. The molecule has 39 heavy (non-hydrogen) atoms. The molecule has 5 nitrogen and oxygen atoms in total. The fourth-order valence-corrected chi connectivity index (χ4v) is 4.91. The molecule has 2 atom stereocenters. The first-order valence-electron chi connectivity index (χ1n) is 13.3. The van der Waals surface area contributed by atoms with Gasteiger partial charge in [0, 0.05) is 17.5 Å². The minimum Gasteiger partial charge on any atom is -0.394 e. The summed E-state index contributed by atoms with van der Waals surface area (Å²) in [4.78, 5) is 13.4. The molecule has 1 unspecified atom stereocenters. The van der Waals surface area contributed by atoms with E-state index < -0.39 is 23.6 Å². The number of nitrogens with zero attached hydrogens (tertiary/aromatic N) is 2. The summed E-state index contributed by atoms with van der Waals surface area (Å²) < 4.78 is 44.3. The third-order valence-electron chi connectivity index (χ3n) is 6.79. The first-order valence-corrected chi connectivity index (χ1v) is 13.3. The number of halogens is 3. The van der Waals surface area contributed by atoms with Gasteiger partial charge in [0.25, 0.3) is 5.91 Å². The normalized spacial score (nSPS) is 17.3. The summed E-state index contributed by atoms with van der Waals surface area (Å²) >= 11 is 0. The summed E-state index contributed by atoms with van der Waals surface area (Å²) in [5.74, 6) is -2.59. The molecule has 0 saturated heterocycles. The number of amides is 1. The van der Waals surface area contributed by atoms with Crippen LogP contribution in [0.2, 0.25) is 0 Å². The number of hydrogen-bond acceptors (Lipinski definition) is 3. The largest absolute Gasteiger partial charge is 0.394 e. The molecule has 0 radical (unpaired) electrons. The van der Waals surface area contributed by atoms with Crippen LogP contribution in [0.15, 0.2) is 78.7 Å². The van der Waals surface area contributed by atoms with E-state index in [-0.39, 0.29) is 29.7 Å². The van der Waals surface area contributed by atoms with Crippen LogP contribution in [0.5, 0.6) is 0 Å². The predicted molar refractivity (Wildman–Crippen MR) is 148 cm³/mol. The molecule has 8 heteroatoms. The van der Waals surface area contributed by atoms with Gasteiger partial charge in [0.05, 0.1) is 18.3 Å². The van der Waals surface area contributed by atoms with Crippen molar-refractivity contribution < 1.29 is 23.1 Å². The third kappa shape index (κ3) is 7.06. The van der Waals surface area contributed by atoms with Crippen LogP contribution in [-0.4, -0.2) is 33.4 Å². The maximum atomic E-state index is 15.0. The van der Waals surface area contributed by atoms with E-state index in [1.54, 1.807) is 6.08 Å². The van der Waals surface area contributed by atoms with Crippen LogP contribution in [0.3, 0.4) is 0 Å². The van der Waals surface area contributed by atoms with E-state index in [4.69, 9.17) is 0 Å². The lowest BCUT2D eigenvalue weighted by Crippen LogP contribution is -2.39. The molecule has 1 aromatic carbocycles. The number of allylic oxidation sites excluding steroid dienone is 6. The Hall–Kier alpha value is -3.65. The van der Waals surface area contributed by atoms with Crippen LogP contribution >= 0.6 is 0 Å². The molecule has 4 rings (SSSR count). The van der Waals surface area contributed by atoms with Gasteiger partial charge in [-0.15, -0.1) is 0 Å². The van der Waals surface area contributed by atoms with Gasteiger partial charge in [-0.05, 0) is 67.5 Å². The Bertz CT molecular complexity index is 1310. The van der Waals surface area contributed by atoms with E-state index in [9.17, 15) is 23.1 Å². The van der Waals surface area contributed by atoms with Gasteiger partial charge in [-0.3, -0.25) is 4.79 Å². The summed E-state index contributed by atoms with van der Waals surface area (Å²) in [6.07, 6.45) is 12.0. The molecule has 208 valence electrons. The van der Waals surface area contributed by atoms with E-state index in [1.165, 1.54) is 29.0 Å². The van der Waals surface area contributed by atoms with Gasteiger partial charge >= 0.3 is 0 Å². The van der Waals surface area contributed by atoms with Gasteiger partial charge < -0.3 is 10.4 Å². The maximum Gasteiger partial charge on any atom is 0.272 e. The highest BCUT2D eigenvalue weighted by atomic mass is 19.1. The second-order valence-corrected chi connectivity index (χ2v) is 9.30. The van der Waals surface area contributed by atoms with Crippen LogP contribution in [-0.2, 0) is 6.42 Å². The number of carbonyl (C=O) groups is 1. The second-order valence-electron chi connectivity index (χ2n) is 9.30. The number of aliphatic hydroxyl groups is 1. The Morgan fingerprint density at radius 1 is 1.28 bits per heavy atom. The lowest BCUT2D eigenvalue weighted by atomic mass is 9.90. The van der Waals surface area contributed by atoms with Crippen molar-refractivity contribution in [3.63, 3.8) is 0 Å². The minimum absolute atomic E-state index is 0.0241. The van der Waals surface area contributed by atoms with Crippen molar-refractivity contribution in [2.24, 2.45) is 0 Å². The fraction of sp³-hybridized carbons (Fsp3) is 0.355. The van der Waals surface area contributed by atoms with Crippen LogP contribution in [0.25, 0.3) is 5.69 Å². The highest BCUT2D eigenvalue weighted by Crippen LogP contribution is 2.39. The molecular weight excluding hydrogens is 503 g/mol. The van der Waals surface area contributed by atoms with Crippen LogP contribution in [0.4, 0.5) is 13.2 Å². The van der Waals surface area contributed by atoms with Crippen LogP contribution in [0.1, 0.15) is 73.6 Å². The summed E-state index contributed by atoms with van der Waals surface area (Å²) in [7, 11) is 0. The maximum absolute atomic E-state index is 15.0. The molecule has 0 spiro atoms. The zero-order valence-corrected chi connectivity index (χ0v) is 22.5. The van der Waals surface area contributed by atoms with Crippen molar-refractivity contribution in [2.45, 2.75) is 64.3 Å². The van der Waals surface area contributed by atoms with Gasteiger partial charge in [-0.2, -0.15) is 5.10 Å². The van der Waals surface area contributed by atoms with E-state index >= 15 is 0 Å². The average Bonchev–Trinajstić information content (AvgIpc) is 3.03. The summed E-state index contributed by atoms with van der Waals surface area (Å²) in [6, 6.07) is 2.46. The predicted octanol–water partition coefficient (Wildman–Crippen LogP) is 6.95. The van der Waals surface area contributed by atoms with Crippen molar-refractivity contribution in [1.29, 1.82) is 0 Å². The standard InChI is InChI=1S/C29H30F3N3O2.C2H6/c1-3-18(2)25(17-36)33-29(37)27-23-11-7-5-9-20(14-19-8-4-6-10-21(30)15-19)28(23)35(34-27)26-13-12-22(31)16-24(26)32;1-2/h3,6,8,10,12-13,15-16,20,25,36H,1-2,4-5,7,9,11,14,17H2,(H,33,37);1-2H3/t20?,25-;/m1./s1. The number of hydrogen-bond donors (Lipinski definition) is 2. The number of carbonyl (C=O) groups excluding carboxylic acids is 1. The van der Waals surface area contributed by atoms with Crippen LogP contribution in [0, 0.1) is 11.6 Å². The first-order chi connectivity index (χ1) is 18.8. The molecule has 1 aromatic heterocycles. The highest BCUT2D eigenvalue weighted by Gasteiger charge is 2.32. The molecule has 0 saturated carbocycles. The number of benzene rings is 1. The fourth-order valence-electron chi connectivity index (χ4n) is 4.91. The molecule has 2 N–H and O–H groups in total. The van der Waals surface area contributed by atoms with E-state index in [2.05, 4.69) is 23.6 Å². The first kappa shape index (κ1) is 29.9. The number of nitrogens with one attached hydrogen (secondary N) is 1. The average molecular weight is 540 g/mol. The Morgan fingerprint density at radius 3 is 2.74 bits per heavy atom. The lowest BCUT2D eigenvalue weighted by Gasteiger charge is -2.19. The van der Waals surface area contributed by atoms with Crippen molar-refractivity contribution in [2.75, 3.05) is 6.61 Å². The zero-order valence-electron chi connectivity index (χ0n) is 22.5. The molecule has 2 aliphatic rings. The van der Waals surface area contributed by atoms with Gasteiger partial charge in [-0.25, -0.2) is 17.9 Å². The number of rotatable bonds is 8. The highest BCUT2D eigenvalue weighted by molar-refractivity contribution is 5.94. The molecular formula is C31H36F3N3O2. The number of fused-ring (bicyclic) bond motifs is 1. The Balaban J connectivity index is 0.00000205. The minimum atomic E-state index is -0.808. The Morgan fingerprint density at radius 2 is 2.05 bits per heavy atom. The SMILES string of the molecule is C=CC(=C)[C@@H](CO)NC(=O)c1nn(-c2ccc(F)cc2F)c2c1CCCCC2CC1=CCC=CC(F)=C1.CC. The monoisotopic (exact) mass is 539 g/mol. The van der Waals surface area contributed by atoms with Crippen molar-refractivity contribution in [3.05, 3.63) is 107 Å². The second kappa shape index (κ2) is 13.9. The Kier molecular flexibility index (Phi) is 10.7. The van der Waals surface area contributed by atoms with Crippen molar-refractivity contribution in [3.8, 4) is 5.69 Å². The van der Waals surface area contributed by atoms with Crippen LogP contribution < -0.4 is 5.32 Å². The Labute approximate surface area is 228 Å². The molecule has 2 aliphatic carbocycles. The molecule has 0 bridgehead atoms. The quantitative estimate of drug-likeness (QED) is 0.282. The van der Waals surface area contributed by atoms with E-state index in [0.717, 1.165) is 37.0 Å². The van der Waals surface area contributed by atoms with Crippen molar-refractivity contribution in [1.82, 2.24) is 15.1 Å². The lowest BCUT2D eigenvalue weighted by molar-refractivity contribution is 0.0921. The number of aromatic nitrogens is 2. The van der Waals surface area contributed by atoms with E-state index in [1.807, 2.05) is 19.9 Å². The van der Waals surface area contributed by atoms with Crippen molar-refractivity contribution >= 4 is 5.91 Å². The summed E-state index contributed by atoms with van der Waals surface area (Å²) in [5, 5.41) is 17.0. The summed E-state index contributed by atoms with van der Waals surface area (Å²) in [6.45, 7) is 11.1. The molecule has 0 aliphatic heterocycles. The van der Waals surface area contributed by atoms with E-state index in [0.29, 0.717) is 36.1 Å². The topological polar surface area (TPSA) is 67.2 Å². The smallest absolute Gasteiger partial charge is 0.272 e. The molecule has 1 heterocycles. The molecule has 2 aromatic rings. The molecule has 0 fully saturated rings. The molecule has 1 amide bonds. The van der Waals surface area contributed by atoms with Gasteiger partial charge in [0.1, 0.15) is 17.3 Å². The van der Waals surface area contributed by atoms with Gasteiger partial charge in [0.15, 0.2) is 11.5 Å².